The van der Waals surface area contributed by atoms with Crippen LogP contribution in [0.1, 0.15) is 29.8 Å². The lowest BCUT2D eigenvalue weighted by molar-refractivity contribution is -0.117. The standard InChI is InChI=1S/C23H25FN4O3/c1-15-11-17(16(2)27(15)9-10-31-3)12-18(14-25)23(30)26-19-6-7-21(20(24)13-19)28-8-4-5-22(28)29/h6-7,11-13H,4-5,8-10H2,1-3H3,(H,26,30)/b18-12-. The van der Waals surface area contributed by atoms with Crippen LogP contribution in [0.2, 0.25) is 0 Å². The quantitative estimate of drug-likeness (QED) is 0.544. The maximum absolute atomic E-state index is 14.5. The van der Waals surface area contributed by atoms with Crippen LogP contribution in [0.5, 0.6) is 0 Å². The molecule has 0 aliphatic carbocycles. The van der Waals surface area contributed by atoms with Crippen LogP contribution >= 0.6 is 0 Å². The average Bonchev–Trinajstić information content (AvgIpc) is 3.27. The molecule has 0 unspecified atom stereocenters. The molecule has 1 aromatic carbocycles. The first-order chi connectivity index (χ1) is 14.8. The van der Waals surface area contributed by atoms with Gasteiger partial charge in [-0.05, 0) is 56.2 Å². The molecule has 8 heteroatoms. The van der Waals surface area contributed by atoms with Gasteiger partial charge in [-0.15, -0.1) is 0 Å². The van der Waals surface area contributed by atoms with Gasteiger partial charge < -0.3 is 19.5 Å². The zero-order valence-electron chi connectivity index (χ0n) is 17.9. The van der Waals surface area contributed by atoms with Crippen molar-refractivity contribution in [1.82, 2.24) is 4.57 Å². The molecule has 1 aliphatic heterocycles. The molecule has 0 atom stereocenters. The molecule has 0 spiro atoms. The van der Waals surface area contributed by atoms with Gasteiger partial charge in [-0.25, -0.2) is 4.39 Å². The highest BCUT2D eigenvalue weighted by Gasteiger charge is 2.24. The molecule has 162 valence electrons. The van der Waals surface area contributed by atoms with E-state index in [2.05, 4.69) is 9.88 Å². The number of nitrogens with zero attached hydrogens (tertiary/aromatic N) is 3. The number of aryl methyl sites for hydroxylation is 1. The summed E-state index contributed by atoms with van der Waals surface area (Å²) in [5.74, 6) is -1.35. The highest BCUT2D eigenvalue weighted by atomic mass is 19.1. The molecule has 31 heavy (non-hydrogen) atoms. The molecule has 2 aromatic rings. The third-order valence-corrected chi connectivity index (χ3v) is 5.37. The number of carbonyl (C=O) groups is 2. The van der Waals surface area contributed by atoms with Crippen LogP contribution in [0, 0.1) is 31.0 Å². The van der Waals surface area contributed by atoms with Crippen LogP contribution in [-0.4, -0.2) is 36.6 Å². The Hall–Kier alpha value is -3.44. The van der Waals surface area contributed by atoms with Crippen molar-refractivity contribution in [1.29, 1.82) is 5.26 Å². The lowest BCUT2D eigenvalue weighted by Gasteiger charge is -2.17. The van der Waals surface area contributed by atoms with Crippen molar-refractivity contribution < 1.29 is 18.7 Å². The monoisotopic (exact) mass is 424 g/mol. The highest BCUT2D eigenvalue weighted by molar-refractivity contribution is 6.10. The minimum absolute atomic E-state index is 0.0915. The van der Waals surface area contributed by atoms with Crippen LogP contribution in [0.25, 0.3) is 6.08 Å². The Labute approximate surface area is 180 Å². The lowest BCUT2D eigenvalue weighted by Crippen LogP contribution is -2.24. The molecular formula is C23H25FN4O3. The molecule has 0 radical (unpaired) electrons. The number of aromatic nitrogens is 1. The molecule has 1 aromatic heterocycles. The Kier molecular flexibility index (Phi) is 6.88. The van der Waals surface area contributed by atoms with Crippen molar-refractivity contribution >= 4 is 29.3 Å². The van der Waals surface area contributed by atoms with Gasteiger partial charge >= 0.3 is 0 Å². The summed E-state index contributed by atoms with van der Waals surface area (Å²) in [6, 6.07) is 7.96. The molecule has 1 saturated heterocycles. The summed E-state index contributed by atoms with van der Waals surface area (Å²) in [5.41, 5.74) is 2.98. The number of ether oxygens (including phenoxy) is 1. The molecule has 1 aliphatic rings. The third-order valence-electron chi connectivity index (χ3n) is 5.37. The van der Waals surface area contributed by atoms with Gasteiger partial charge in [-0.1, -0.05) is 0 Å². The number of nitriles is 1. The Bertz CT molecular complexity index is 1080. The van der Waals surface area contributed by atoms with E-state index < -0.39 is 11.7 Å². The van der Waals surface area contributed by atoms with Gasteiger partial charge in [0.15, 0.2) is 0 Å². The molecular weight excluding hydrogens is 399 g/mol. The summed E-state index contributed by atoms with van der Waals surface area (Å²) in [5, 5.41) is 12.0. The fourth-order valence-electron chi connectivity index (χ4n) is 3.71. The summed E-state index contributed by atoms with van der Waals surface area (Å²) in [6.07, 6.45) is 2.62. The number of anilines is 2. The van der Waals surface area contributed by atoms with E-state index in [9.17, 15) is 19.2 Å². The van der Waals surface area contributed by atoms with E-state index in [0.29, 0.717) is 32.5 Å². The number of hydrogen-bond acceptors (Lipinski definition) is 4. The van der Waals surface area contributed by atoms with Crippen molar-refractivity contribution in [3.8, 4) is 6.07 Å². The largest absolute Gasteiger partial charge is 0.383 e. The van der Waals surface area contributed by atoms with Crippen LogP contribution in [0.3, 0.4) is 0 Å². The smallest absolute Gasteiger partial charge is 0.266 e. The van der Waals surface area contributed by atoms with Crippen molar-refractivity contribution in [3.63, 3.8) is 0 Å². The Morgan fingerprint density at radius 3 is 2.74 bits per heavy atom. The van der Waals surface area contributed by atoms with E-state index >= 15 is 0 Å². The van der Waals surface area contributed by atoms with E-state index in [4.69, 9.17) is 4.74 Å². The van der Waals surface area contributed by atoms with E-state index in [1.54, 1.807) is 7.11 Å². The Balaban J connectivity index is 1.78. The van der Waals surface area contributed by atoms with Gasteiger partial charge in [0.05, 0.1) is 12.3 Å². The molecule has 0 saturated carbocycles. The van der Waals surface area contributed by atoms with Gasteiger partial charge in [0.1, 0.15) is 17.5 Å². The predicted octanol–water partition coefficient (Wildman–Crippen LogP) is 3.56. The van der Waals surface area contributed by atoms with Gasteiger partial charge in [0.2, 0.25) is 5.91 Å². The first-order valence-corrected chi connectivity index (χ1v) is 10.0. The predicted molar refractivity (Wildman–Crippen MR) is 116 cm³/mol. The average molecular weight is 424 g/mol. The number of rotatable bonds is 7. The number of carbonyl (C=O) groups excluding carboxylic acids is 2. The zero-order chi connectivity index (χ0) is 22.5. The van der Waals surface area contributed by atoms with E-state index in [-0.39, 0.29) is 22.9 Å². The van der Waals surface area contributed by atoms with Crippen LogP contribution in [0.4, 0.5) is 15.8 Å². The lowest BCUT2D eigenvalue weighted by atomic mass is 10.1. The molecule has 3 rings (SSSR count). The maximum atomic E-state index is 14.5. The molecule has 2 amide bonds. The summed E-state index contributed by atoms with van der Waals surface area (Å²) >= 11 is 0. The fourth-order valence-corrected chi connectivity index (χ4v) is 3.71. The number of methoxy groups -OCH3 is 1. The number of halogens is 1. The Morgan fingerprint density at radius 2 is 2.13 bits per heavy atom. The number of hydrogen-bond donors (Lipinski definition) is 1. The molecule has 2 heterocycles. The first-order valence-electron chi connectivity index (χ1n) is 10.0. The molecule has 0 bridgehead atoms. The summed E-state index contributed by atoms with van der Waals surface area (Å²) in [7, 11) is 1.63. The molecule has 1 N–H and O–H groups in total. The minimum atomic E-state index is -0.631. The van der Waals surface area contributed by atoms with Gasteiger partial charge in [0, 0.05) is 43.7 Å². The second-order valence-corrected chi connectivity index (χ2v) is 7.41. The minimum Gasteiger partial charge on any atom is -0.383 e. The normalized spacial score (nSPS) is 14.1. The first kappa shape index (κ1) is 22.2. The summed E-state index contributed by atoms with van der Waals surface area (Å²) in [4.78, 5) is 25.9. The number of amides is 2. The Morgan fingerprint density at radius 1 is 1.35 bits per heavy atom. The summed E-state index contributed by atoms with van der Waals surface area (Å²) in [6.45, 7) is 5.55. The number of nitrogens with one attached hydrogen (secondary N) is 1. The topological polar surface area (TPSA) is 87.4 Å². The van der Waals surface area contributed by atoms with Crippen LogP contribution in [0.15, 0.2) is 29.8 Å². The van der Waals surface area contributed by atoms with E-state index in [1.807, 2.05) is 26.0 Å². The second kappa shape index (κ2) is 9.58. The van der Waals surface area contributed by atoms with E-state index in [0.717, 1.165) is 23.0 Å². The molecule has 1 fully saturated rings. The van der Waals surface area contributed by atoms with Crippen molar-refractivity contribution in [3.05, 3.63) is 52.6 Å². The zero-order valence-corrected chi connectivity index (χ0v) is 17.9. The van der Waals surface area contributed by atoms with Crippen LogP contribution < -0.4 is 10.2 Å². The van der Waals surface area contributed by atoms with Crippen LogP contribution in [-0.2, 0) is 20.9 Å². The number of benzene rings is 1. The second-order valence-electron chi connectivity index (χ2n) is 7.41. The third kappa shape index (κ3) is 4.84. The van der Waals surface area contributed by atoms with Crippen molar-refractivity contribution in [2.45, 2.75) is 33.2 Å². The summed E-state index contributed by atoms with van der Waals surface area (Å²) < 4.78 is 21.7. The van der Waals surface area contributed by atoms with E-state index in [1.165, 1.54) is 23.1 Å². The molecule has 7 nitrogen and oxygen atoms in total. The fraction of sp³-hybridized carbons (Fsp3) is 0.348. The SMILES string of the molecule is COCCn1c(C)cc(/C=C(/C#N)C(=O)Nc2ccc(N3CCCC3=O)c(F)c2)c1C. The van der Waals surface area contributed by atoms with Gasteiger partial charge in [0.25, 0.3) is 5.91 Å². The van der Waals surface area contributed by atoms with Gasteiger partial charge in [-0.3, -0.25) is 9.59 Å². The van der Waals surface area contributed by atoms with Crippen molar-refractivity contribution in [2.24, 2.45) is 0 Å². The highest BCUT2D eigenvalue weighted by Crippen LogP contribution is 2.27. The van der Waals surface area contributed by atoms with Crippen molar-refractivity contribution in [2.75, 3.05) is 30.5 Å². The van der Waals surface area contributed by atoms with Gasteiger partial charge in [-0.2, -0.15) is 5.26 Å². The maximum Gasteiger partial charge on any atom is 0.266 e.